The summed E-state index contributed by atoms with van der Waals surface area (Å²) in [6.45, 7) is 4.35. The van der Waals surface area contributed by atoms with Crippen molar-refractivity contribution in [3.8, 4) is 0 Å². The molecule has 1 aromatic heterocycles. The number of carbonyl (C=O) groups is 1. The first-order valence-electron chi connectivity index (χ1n) is 9.33. The normalized spacial score (nSPS) is 16.2. The number of carbonyl (C=O) groups excluding carboxylic acids is 1. The van der Waals surface area contributed by atoms with Gasteiger partial charge in [0.15, 0.2) is 0 Å². The molecular formula is C22H24N2O2. The third-order valence-electron chi connectivity index (χ3n) is 5.31. The minimum atomic E-state index is -0.263. The number of likely N-dealkylation sites (tertiary alicyclic amines) is 1. The van der Waals surface area contributed by atoms with Crippen molar-refractivity contribution in [1.82, 2.24) is 9.47 Å². The molecule has 0 saturated carbocycles. The number of nitrogens with zero attached hydrogens (tertiary/aromatic N) is 2. The van der Waals surface area contributed by atoms with Gasteiger partial charge in [0.25, 0.3) is 0 Å². The van der Waals surface area contributed by atoms with Crippen molar-refractivity contribution in [1.29, 1.82) is 0 Å². The smallest absolute Gasteiger partial charge is 0.246 e. The van der Waals surface area contributed by atoms with Gasteiger partial charge < -0.3 is 14.6 Å². The van der Waals surface area contributed by atoms with Crippen LogP contribution in [0.1, 0.15) is 25.3 Å². The van der Waals surface area contributed by atoms with Crippen LogP contribution in [0, 0.1) is 0 Å². The zero-order valence-electron chi connectivity index (χ0n) is 15.1. The SMILES string of the molecule is CCn1c2ccccc2c2cc(/C=C/C(=O)N3CCC(O)CC3)ccc21. The van der Waals surface area contributed by atoms with Crippen LogP contribution < -0.4 is 0 Å². The second-order valence-corrected chi connectivity index (χ2v) is 6.93. The molecule has 4 rings (SSSR count). The molecule has 0 unspecified atom stereocenters. The minimum absolute atomic E-state index is 0.0213. The lowest BCUT2D eigenvalue weighted by atomic mass is 10.1. The summed E-state index contributed by atoms with van der Waals surface area (Å²) in [4.78, 5) is 14.2. The van der Waals surface area contributed by atoms with Crippen molar-refractivity contribution >= 4 is 33.8 Å². The summed E-state index contributed by atoms with van der Waals surface area (Å²) < 4.78 is 2.32. The number of fused-ring (bicyclic) bond motifs is 3. The molecule has 0 aliphatic carbocycles. The summed E-state index contributed by atoms with van der Waals surface area (Å²) in [5.74, 6) is 0.0213. The molecule has 134 valence electrons. The number of aryl methyl sites for hydroxylation is 1. The molecule has 0 radical (unpaired) electrons. The number of rotatable bonds is 3. The minimum Gasteiger partial charge on any atom is -0.393 e. The highest BCUT2D eigenvalue weighted by Gasteiger charge is 2.19. The van der Waals surface area contributed by atoms with Crippen molar-refractivity contribution in [3.63, 3.8) is 0 Å². The van der Waals surface area contributed by atoms with Crippen LogP contribution >= 0.6 is 0 Å². The second kappa shape index (κ2) is 6.96. The number of benzene rings is 2. The molecule has 1 saturated heterocycles. The predicted octanol–water partition coefficient (Wildman–Crippen LogP) is 3.81. The average Bonchev–Trinajstić information content (AvgIpc) is 2.99. The van der Waals surface area contributed by atoms with Gasteiger partial charge in [-0.25, -0.2) is 0 Å². The van der Waals surface area contributed by atoms with E-state index in [0.29, 0.717) is 25.9 Å². The maximum absolute atomic E-state index is 12.4. The topological polar surface area (TPSA) is 45.5 Å². The maximum Gasteiger partial charge on any atom is 0.246 e. The van der Waals surface area contributed by atoms with Gasteiger partial charge in [-0.2, -0.15) is 0 Å². The number of amides is 1. The van der Waals surface area contributed by atoms with Crippen LogP contribution in [-0.4, -0.2) is 39.7 Å². The standard InChI is InChI=1S/C22H24N2O2/c1-2-24-20-6-4-3-5-18(20)19-15-16(7-9-21(19)24)8-10-22(26)23-13-11-17(25)12-14-23/h3-10,15,17,25H,2,11-14H2,1H3/b10-8+. The summed E-state index contributed by atoms with van der Waals surface area (Å²) >= 11 is 0. The number of aliphatic hydroxyl groups excluding tert-OH is 1. The van der Waals surface area contributed by atoms with E-state index in [4.69, 9.17) is 0 Å². The highest BCUT2D eigenvalue weighted by molar-refractivity contribution is 6.08. The van der Waals surface area contributed by atoms with Crippen LogP contribution in [0.4, 0.5) is 0 Å². The highest BCUT2D eigenvalue weighted by Crippen LogP contribution is 2.30. The molecule has 1 aliphatic heterocycles. The molecule has 3 aromatic rings. The number of aromatic nitrogens is 1. The molecule has 0 atom stereocenters. The van der Waals surface area contributed by atoms with Gasteiger partial charge in [0.05, 0.1) is 6.10 Å². The summed E-state index contributed by atoms with van der Waals surface area (Å²) in [5.41, 5.74) is 3.50. The van der Waals surface area contributed by atoms with E-state index in [1.54, 1.807) is 6.08 Å². The first kappa shape index (κ1) is 16.9. The van der Waals surface area contributed by atoms with Crippen LogP contribution in [0.5, 0.6) is 0 Å². The third kappa shape index (κ3) is 3.01. The first-order valence-corrected chi connectivity index (χ1v) is 9.33. The van der Waals surface area contributed by atoms with Crippen molar-refractivity contribution in [2.75, 3.05) is 13.1 Å². The maximum atomic E-state index is 12.4. The molecule has 1 amide bonds. The van der Waals surface area contributed by atoms with Gasteiger partial charge in [-0.1, -0.05) is 24.3 Å². The van der Waals surface area contributed by atoms with E-state index >= 15 is 0 Å². The number of hydrogen-bond donors (Lipinski definition) is 1. The Balaban J connectivity index is 1.63. The van der Waals surface area contributed by atoms with E-state index in [-0.39, 0.29) is 12.0 Å². The van der Waals surface area contributed by atoms with Crippen LogP contribution in [0.3, 0.4) is 0 Å². The van der Waals surface area contributed by atoms with Gasteiger partial charge in [-0.3, -0.25) is 4.79 Å². The Morgan fingerprint density at radius 3 is 2.62 bits per heavy atom. The molecule has 4 nitrogen and oxygen atoms in total. The van der Waals surface area contributed by atoms with Crippen molar-refractivity contribution in [2.45, 2.75) is 32.4 Å². The zero-order valence-corrected chi connectivity index (χ0v) is 15.1. The van der Waals surface area contributed by atoms with Gasteiger partial charge in [-0.05, 0) is 49.6 Å². The molecule has 1 aliphatic rings. The van der Waals surface area contributed by atoms with Crippen molar-refractivity contribution in [3.05, 3.63) is 54.1 Å². The van der Waals surface area contributed by atoms with E-state index < -0.39 is 0 Å². The van der Waals surface area contributed by atoms with Gasteiger partial charge in [0, 0.05) is 47.5 Å². The fourth-order valence-electron chi connectivity index (χ4n) is 3.87. The average molecular weight is 348 g/mol. The Hall–Kier alpha value is -2.59. The summed E-state index contributed by atoms with van der Waals surface area (Å²) in [6, 6.07) is 14.8. The molecule has 0 bridgehead atoms. The van der Waals surface area contributed by atoms with E-state index in [2.05, 4.69) is 54.0 Å². The molecular weight excluding hydrogens is 324 g/mol. The largest absolute Gasteiger partial charge is 0.393 e. The number of para-hydroxylation sites is 1. The van der Waals surface area contributed by atoms with Gasteiger partial charge >= 0.3 is 0 Å². The Morgan fingerprint density at radius 2 is 1.85 bits per heavy atom. The molecule has 2 heterocycles. The van der Waals surface area contributed by atoms with Crippen LogP contribution in [-0.2, 0) is 11.3 Å². The molecule has 0 spiro atoms. The zero-order chi connectivity index (χ0) is 18.1. The third-order valence-corrected chi connectivity index (χ3v) is 5.31. The van der Waals surface area contributed by atoms with Crippen LogP contribution in [0.25, 0.3) is 27.9 Å². The summed E-state index contributed by atoms with van der Waals surface area (Å²) in [5, 5.41) is 12.0. The number of hydrogen-bond acceptors (Lipinski definition) is 2. The Kier molecular flexibility index (Phi) is 4.51. The number of aliphatic hydroxyl groups is 1. The first-order chi connectivity index (χ1) is 12.7. The Morgan fingerprint density at radius 1 is 1.12 bits per heavy atom. The molecule has 1 fully saturated rings. The molecule has 4 heteroatoms. The van der Waals surface area contributed by atoms with Gasteiger partial charge in [-0.15, -0.1) is 0 Å². The van der Waals surface area contributed by atoms with Crippen molar-refractivity contribution in [2.24, 2.45) is 0 Å². The van der Waals surface area contributed by atoms with Crippen molar-refractivity contribution < 1.29 is 9.90 Å². The van der Waals surface area contributed by atoms with Gasteiger partial charge in [0.1, 0.15) is 0 Å². The predicted molar refractivity (Wildman–Crippen MR) is 106 cm³/mol. The molecule has 26 heavy (non-hydrogen) atoms. The summed E-state index contributed by atoms with van der Waals surface area (Å²) in [6.07, 6.45) is 4.62. The molecule has 1 N–H and O–H groups in total. The van der Waals surface area contributed by atoms with E-state index in [0.717, 1.165) is 12.1 Å². The fourth-order valence-corrected chi connectivity index (χ4v) is 3.87. The van der Waals surface area contributed by atoms with E-state index in [1.807, 2.05) is 11.0 Å². The lowest BCUT2D eigenvalue weighted by Crippen LogP contribution is -2.39. The lowest BCUT2D eigenvalue weighted by Gasteiger charge is -2.28. The second-order valence-electron chi connectivity index (χ2n) is 6.93. The fraction of sp³-hybridized carbons (Fsp3) is 0.318. The van der Waals surface area contributed by atoms with E-state index in [1.165, 1.54) is 21.8 Å². The molecule has 2 aromatic carbocycles. The van der Waals surface area contributed by atoms with Crippen LogP contribution in [0.2, 0.25) is 0 Å². The van der Waals surface area contributed by atoms with E-state index in [9.17, 15) is 9.90 Å². The lowest BCUT2D eigenvalue weighted by molar-refractivity contribution is -0.127. The number of piperidine rings is 1. The monoisotopic (exact) mass is 348 g/mol. The quantitative estimate of drug-likeness (QED) is 0.732. The van der Waals surface area contributed by atoms with Crippen LogP contribution in [0.15, 0.2) is 48.5 Å². The summed E-state index contributed by atoms with van der Waals surface area (Å²) in [7, 11) is 0. The highest BCUT2D eigenvalue weighted by atomic mass is 16.3. The van der Waals surface area contributed by atoms with Gasteiger partial charge in [0.2, 0.25) is 5.91 Å². The Bertz CT molecular complexity index is 978. The Labute approximate surface area is 153 Å².